The topological polar surface area (TPSA) is 136 Å². The molecule has 1 unspecified atom stereocenters. The monoisotopic (exact) mass is 487 g/mol. The summed E-state index contributed by atoms with van der Waals surface area (Å²) in [7, 11) is -7.08. The first-order valence-electron chi connectivity index (χ1n) is 9.76. The standard InChI is InChI=1S/C22H21N3O6S2/c1-14-8-11-19(31-2)20(12-14)33(29,30)25-18-10-9-16(32(23,27)28)13-17(18)24-22(26)21(25)15-6-4-3-5-7-15/h3-13,21H,1-2H3,(H,24,26)(H2,23,27,28). The minimum absolute atomic E-state index is 0.00824. The Balaban J connectivity index is 2.01. The molecule has 0 spiro atoms. The molecular weight excluding hydrogens is 466 g/mol. The molecule has 0 bridgehead atoms. The first kappa shape index (κ1) is 22.8. The van der Waals surface area contributed by atoms with Crippen LogP contribution >= 0.6 is 0 Å². The number of fused-ring (bicyclic) bond motifs is 1. The van der Waals surface area contributed by atoms with Crippen LogP contribution in [0.3, 0.4) is 0 Å². The number of primary sulfonamides is 1. The molecule has 0 aromatic heterocycles. The molecule has 33 heavy (non-hydrogen) atoms. The van der Waals surface area contributed by atoms with Gasteiger partial charge in [0.25, 0.3) is 15.9 Å². The van der Waals surface area contributed by atoms with E-state index in [-0.39, 0.29) is 26.9 Å². The highest BCUT2D eigenvalue weighted by atomic mass is 32.2. The highest BCUT2D eigenvalue weighted by Crippen LogP contribution is 2.44. The number of hydrogen-bond acceptors (Lipinski definition) is 6. The SMILES string of the molecule is COc1ccc(C)cc1S(=O)(=O)N1c2ccc(S(N)(=O)=O)cc2NC(=O)C1c1ccccc1. The number of carbonyl (C=O) groups is 1. The van der Waals surface area contributed by atoms with Crippen LogP contribution in [-0.4, -0.2) is 29.9 Å². The van der Waals surface area contributed by atoms with E-state index >= 15 is 0 Å². The number of nitrogens with one attached hydrogen (secondary N) is 1. The Kier molecular flexibility index (Phi) is 5.64. The third-order valence-corrected chi connectivity index (χ3v) is 7.96. The van der Waals surface area contributed by atoms with E-state index in [1.807, 2.05) is 0 Å². The average Bonchev–Trinajstić information content (AvgIpc) is 2.77. The fraction of sp³-hybridized carbons (Fsp3) is 0.136. The molecule has 1 aliphatic heterocycles. The molecule has 11 heteroatoms. The van der Waals surface area contributed by atoms with Gasteiger partial charge in [-0.05, 0) is 48.4 Å². The van der Waals surface area contributed by atoms with Crippen molar-refractivity contribution in [2.24, 2.45) is 5.14 Å². The summed E-state index contributed by atoms with van der Waals surface area (Å²) in [4.78, 5) is 12.8. The maximum absolute atomic E-state index is 14.0. The van der Waals surface area contributed by atoms with Gasteiger partial charge in [0.1, 0.15) is 16.7 Å². The van der Waals surface area contributed by atoms with Crippen LogP contribution in [0.15, 0.2) is 76.5 Å². The van der Waals surface area contributed by atoms with E-state index in [9.17, 15) is 21.6 Å². The average molecular weight is 488 g/mol. The molecule has 1 amide bonds. The molecule has 1 aliphatic rings. The molecule has 1 atom stereocenters. The van der Waals surface area contributed by atoms with Crippen LogP contribution in [0.5, 0.6) is 5.75 Å². The maximum Gasteiger partial charge on any atom is 0.269 e. The number of amides is 1. The molecule has 3 N–H and O–H groups in total. The number of sulfonamides is 2. The predicted octanol–water partition coefficient (Wildman–Crippen LogP) is 2.54. The number of hydrogen-bond donors (Lipinski definition) is 2. The summed E-state index contributed by atoms with van der Waals surface area (Å²) in [5, 5.41) is 7.84. The van der Waals surface area contributed by atoms with Gasteiger partial charge in [0, 0.05) is 0 Å². The smallest absolute Gasteiger partial charge is 0.269 e. The van der Waals surface area contributed by atoms with Crippen molar-refractivity contribution < 1.29 is 26.4 Å². The van der Waals surface area contributed by atoms with E-state index in [1.54, 1.807) is 43.3 Å². The number of nitrogens with zero attached hydrogens (tertiary/aromatic N) is 1. The molecular formula is C22H21N3O6S2. The van der Waals surface area contributed by atoms with Crippen LogP contribution in [0.1, 0.15) is 17.2 Å². The van der Waals surface area contributed by atoms with E-state index in [0.29, 0.717) is 11.1 Å². The number of aryl methyl sites for hydroxylation is 1. The Morgan fingerprint density at radius 1 is 0.970 bits per heavy atom. The maximum atomic E-state index is 14.0. The number of methoxy groups -OCH3 is 1. The van der Waals surface area contributed by atoms with Crippen molar-refractivity contribution in [2.75, 3.05) is 16.7 Å². The first-order valence-corrected chi connectivity index (χ1v) is 12.7. The van der Waals surface area contributed by atoms with Gasteiger partial charge in [0.15, 0.2) is 0 Å². The lowest BCUT2D eigenvalue weighted by atomic mass is 10.0. The van der Waals surface area contributed by atoms with Gasteiger partial charge in [0.2, 0.25) is 10.0 Å². The van der Waals surface area contributed by atoms with Gasteiger partial charge in [-0.25, -0.2) is 26.3 Å². The van der Waals surface area contributed by atoms with Gasteiger partial charge in [-0.2, -0.15) is 0 Å². The van der Waals surface area contributed by atoms with Crippen LogP contribution in [0.2, 0.25) is 0 Å². The molecule has 0 saturated carbocycles. The van der Waals surface area contributed by atoms with E-state index in [2.05, 4.69) is 5.32 Å². The summed E-state index contributed by atoms with van der Waals surface area (Å²) in [6.07, 6.45) is 0. The molecule has 0 saturated heterocycles. The fourth-order valence-electron chi connectivity index (χ4n) is 3.71. The second-order valence-electron chi connectivity index (χ2n) is 7.48. The molecule has 172 valence electrons. The lowest BCUT2D eigenvalue weighted by Crippen LogP contribution is -2.45. The summed E-state index contributed by atoms with van der Waals surface area (Å²) in [5.74, 6) is -0.531. The summed E-state index contributed by atoms with van der Waals surface area (Å²) in [6.45, 7) is 1.74. The lowest BCUT2D eigenvalue weighted by Gasteiger charge is -2.37. The second kappa shape index (κ2) is 8.18. The van der Waals surface area contributed by atoms with Gasteiger partial charge in [0.05, 0.1) is 23.4 Å². The summed E-state index contributed by atoms with van der Waals surface area (Å²) in [6, 6.07) is 15.5. The normalized spacial score (nSPS) is 16.2. The van der Waals surface area contributed by atoms with Crippen molar-refractivity contribution in [2.45, 2.75) is 22.8 Å². The van der Waals surface area contributed by atoms with Crippen LogP contribution in [0.25, 0.3) is 0 Å². The third-order valence-electron chi connectivity index (χ3n) is 5.25. The highest BCUT2D eigenvalue weighted by molar-refractivity contribution is 7.93. The molecule has 0 fully saturated rings. The lowest BCUT2D eigenvalue weighted by molar-refractivity contribution is -0.117. The Labute approximate surface area is 191 Å². The van der Waals surface area contributed by atoms with Crippen LogP contribution in [-0.2, 0) is 24.8 Å². The van der Waals surface area contributed by atoms with E-state index < -0.39 is 32.0 Å². The van der Waals surface area contributed by atoms with Crippen molar-refractivity contribution in [1.29, 1.82) is 0 Å². The Bertz CT molecular complexity index is 1450. The fourth-order valence-corrected chi connectivity index (χ4v) is 6.12. The van der Waals surface area contributed by atoms with Gasteiger partial charge >= 0.3 is 0 Å². The van der Waals surface area contributed by atoms with Gasteiger partial charge in [-0.1, -0.05) is 36.4 Å². The molecule has 4 rings (SSSR count). The van der Waals surface area contributed by atoms with Crippen molar-refractivity contribution in [3.8, 4) is 5.75 Å². The molecule has 0 radical (unpaired) electrons. The summed E-state index contributed by atoms with van der Waals surface area (Å²) >= 11 is 0. The van der Waals surface area contributed by atoms with Crippen LogP contribution < -0.4 is 19.5 Å². The zero-order valence-electron chi connectivity index (χ0n) is 17.7. The third kappa shape index (κ3) is 4.06. The van der Waals surface area contributed by atoms with Crippen molar-refractivity contribution >= 4 is 37.3 Å². The number of rotatable bonds is 5. The van der Waals surface area contributed by atoms with E-state index in [4.69, 9.17) is 9.88 Å². The molecule has 1 heterocycles. The van der Waals surface area contributed by atoms with Gasteiger partial charge in [-0.15, -0.1) is 0 Å². The minimum atomic E-state index is -4.35. The van der Waals surface area contributed by atoms with Crippen LogP contribution in [0, 0.1) is 6.92 Å². The largest absolute Gasteiger partial charge is 0.495 e. The summed E-state index contributed by atoms with van der Waals surface area (Å²) in [5.41, 5.74) is 1.22. The van der Waals surface area contributed by atoms with Crippen molar-refractivity contribution in [3.63, 3.8) is 0 Å². The molecule has 3 aromatic rings. The summed E-state index contributed by atoms with van der Waals surface area (Å²) < 4.78 is 58.0. The Morgan fingerprint density at radius 3 is 2.30 bits per heavy atom. The number of nitrogens with two attached hydrogens (primary N) is 1. The predicted molar refractivity (Wildman–Crippen MR) is 123 cm³/mol. The van der Waals surface area contributed by atoms with Gasteiger partial charge in [-0.3, -0.25) is 4.79 Å². The van der Waals surface area contributed by atoms with Crippen LogP contribution in [0.4, 0.5) is 11.4 Å². The zero-order chi connectivity index (χ0) is 24.0. The molecule has 0 aliphatic carbocycles. The minimum Gasteiger partial charge on any atom is -0.495 e. The number of benzene rings is 3. The Hall–Kier alpha value is -3.41. The molecule has 3 aromatic carbocycles. The van der Waals surface area contributed by atoms with Crippen molar-refractivity contribution in [3.05, 3.63) is 77.9 Å². The number of carbonyl (C=O) groups excluding carboxylic acids is 1. The first-order chi connectivity index (χ1) is 15.5. The quantitative estimate of drug-likeness (QED) is 0.568. The highest BCUT2D eigenvalue weighted by Gasteiger charge is 2.43. The zero-order valence-corrected chi connectivity index (χ0v) is 19.4. The van der Waals surface area contributed by atoms with E-state index in [0.717, 1.165) is 10.4 Å². The van der Waals surface area contributed by atoms with Crippen molar-refractivity contribution in [1.82, 2.24) is 0 Å². The second-order valence-corrected chi connectivity index (χ2v) is 10.8. The van der Waals surface area contributed by atoms with E-state index in [1.165, 1.54) is 31.4 Å². The molecule has 9 nitrogen and oxygen atoms in total. The number of anilines is 2. The Morgan fingerprint density at radius 2 is 1.67 bits per heavy atom. The number of ether oxygens (including phenoxy) is 1. The van der Waals surface area contributed by atoms with Gasteiger partial charge < -0.3 is 10.1 Å².